The van der Waals surface area contributed by atoms with E-state index in [0.717, 1.165) is 0 Å². The lowest BCUT2D eigenvalue weighted by molar-refractivity contribution is -0.132. The SMILES string of the molecule is CC(=O)Oc1c(C(Br)CCNS(=O)[O-])oc(-c2ccc(Cl)cc2)c1O. The zero-order chi connectivity index (χ0) is 18.6. The van der Waals surface area contributed by atoms with Crippen LogP contribution in [0.1, 0.15) is 23.9 Å². The summed E-state index contributed by atoms with van der Waals surface area (Å²) < 4.78 is 34.0. The summed E-state index contributed by atoms with van der Waals surface area (Å²) in [7, 11) is 0. The molecule has 0 aliphatic carbocycles. The van der Waals surface area contributed by atoms with Gasteiger partial charge in [0.2, 0.25) is 11.5 Å². The van der Waals surface area contributed by atoms with Crippen molar-refractivity contribution in [2.24, 2.45) is 0 Å². The minimum atomic E-state index is -2.38. The van der Waals surface area contributed by atoms with Crippen LogP contribution in [0.25, 0.3) is 11.3 Å². The van der Waals surface area contributed by atoms with Gasteiger partial charge in [0, 0.05) is 35.3 Å². The number of halogens is 2. The number of aromatic hydroxyl groups is 1. The molecule has 0 saturated heterocycles. The van der Waals surface area contributed by atoms with Gasteiger partial charge in [-0.3, -0.25) is 9.00 Å². The lowest BCUT2D eigenvalue weighted by Crippen LogP contribution is -2.18. The standard InChI is InChI=1S/C15H15BrClNO6S/c1-8(19)23-15-12(20)13(9-2-4-10(17)5-3-9)24-14(15)11(16)6-7-18-25(21)22/h2-5,11,18,20H,6-7H2,1H3,(H,21,22)/p-1. The fourth-order valence-electron chi connectivity index (χ4n) is 2.07. The Morgan fingerprint density at radius 3 is 2.68 bits per heavy atom. The second-order valence-corrected chi connectivity index (χ2v) is 7.26. The average Bonchev–Trinajstić information content (AvgIpc) is 2.84. The highest BCUT2D eigenvalue weighted by atomic mass is 79.9. The largest absolute Gasteiger partial charge is 0.760 e. The van der Waals surface area contributed by atoms with Gasteiger partial charge in [-0.2, -0.15) is 0 Å². The smallest absolute Gasteiger partial charge is 0.308 e. The Hall–Kier alpha value is -1.39. The Morgan fingerprint density at radius 1 is 1.48 bits per heavy atom. The number of carbonyl (C=O) groups is 1. The van der Waals surface area contributed by atoms with Crippen LogP contribution < -0.4 is 9.46 Å². The van der Waals surface area contributed by atoms with Crippen molar-refractivity contribution in [3.05, 3.63) is 35.0 Å². The molecule has 1 heterocycles. The van der Waals surface area contributed by atoms with E-state index in [9.17, 15) is 18.7 Å². The Morgan fingerprint density at radius 2 is 2.12 bits per heavy atom. The van der Waals surface area contributed by atoms with E-state index in [1.54, 1.807) is 24.3 Å². The van der Waals surface area contributed by atoms with Crippen LogP contribution in [0.2, 0.25) is 5.02 Å². The molecule has 2 N–H and O–H groups in total. The summed E-state index contributed by atoms with van der Waals surface area (Å²) in [5.41, 5.74) is 0.542. The van der Waals surface area contributed by atoms with Gasteiger partial charge in [-0.25, -0.2) is 4.72 Å². The summed E-state index contributed by atoms with van der Waals surface area (Å²) in [6.07, 6.45) is 0.301. The normalized spacial score (nSPS) is 13.4. The van der Waals surface area contributed by atoms with Crippen molar-refractivity contribution >= 4 is 44.8 Å². The number of furan rings is 1. The second kappa shape index (κ2) is 8.81. The van der Waals surface area contributed by atoms with Crippen LogP contribution in [0.15, 0.2) is 28.7 Å². The predicted molar refractivity (Wildman–Crippen MR) is 95.3 cm³/mol. The number of alkyl halides is 1. The number of ether oxygens (including phenoxy) is 1. The van der Waals surface area contributed by atoms with Crippen LogP contribution in [-0.2, 0) is 16.1 Å². The second-order valence-electron chi connectivity index (χ2n) is 4.96. The van der Waals surface area contributed by atoms with Crippen LogP contribution in [0.3, 0.4) is 0 Å². The molecule has 7 nitrogen and oxygen atoms in total. The Labute approximate surface area is 159 Å². The maximum Gasteiger partial charge on any atom is 0.308 e. The van der Waals surface area contributed by atoms with Crippen molar-refractivity contribution in [1.29, 1.82) is 0 Å². The summed E-state index contributed by atoms with van der Waals surface area (Å²) >= 11 is 6.82. The molecule has 1 aromatic carbocycles. The first-order chi connectivity index (χ1) is 11.8. The van der Waals surface area contributed by atoms with E-state index in [-0.39, 0.29) is 29.6 Å². The van der Waals surface area contributed by atoms with Crippen molar-refractivity contribution < 1.29 is 27.8 Å². The lowest BCUT2D eigenvalue weighted by atomic mass is 10.1. The lowest BCUT2D eigenvalue weighted by Gasteiger charge is -2.11. The van der Waals surface area contributed by atoms with E-state index in [0.29, 0.717) is 17.0 Å². The predicted octanol–water partition coefficient (Wildman–Crippen LogP) is 3.44. The van der Waals surface area contributed by atoms with E-state index in [1.165, 1.54) is 6.92 Å². The number of carbonyl (C=O) groups excluding carboxylic acids is 1. The number of benzene rings is 1. The van der Waals surface area contributed by atoms with Crippen molar-refractivity contribution in [2.45, 2.75) is 18.2 Å². The maximum atomic E-state index is 11.3. The van der Waals surface area contributed by atoms with E-state index in [1.807, 2.05) is 0 Å². The molecule has 2 aromatic rings. The molecule has 0 saturated carbocycles. The highest BCUT2D eigenvalue weighted by molar-refractivity contribution is 9.09. The average molecular weight is 452 g/mol. The van der Waals surface area contributed by atoms with E-state index in [2.05, 4.69) is 20.7 Å². The van der Waals surface area contributed by atoms with E-state index >= 15 is 0 Å². The van der Waals surface area contributed by atoms with Crippen molar-refractivity contribution in [2.75, 3.05) is 6.54 Å². The topological polar surface area (TPSA) is 112 Å². The molecule has 0 spiro atoms. The molecule has 1 aromatic heterocycles. The first kappa shape index (κ1) is 19.9. The minimum Gasteiger partial charge on any atom is -0.760 e. The monoisotopic (exact) mass is 450 g/mol. The number of esters is 1. The third kappa shape index (κ3) is 5.29. The quantitative estimate of drug-likeness (QED) is 0.379. The van der Waals surface area contributed by atoms with Crippen LogP contribution >= 0.6 is 27.5 Å². The van der Waals surface area contributed by atoms with Crippen LogP contribution in [0.5, 0.6) is 11.5 Å². The Bertz CT molecular complexity index is 779. The molecular weight excluding hydrogens is 438 g/mol. The van der Waals surface area contributed by atoms with Crippen LogP contribution in [-0.4, -0.2) is 26.4 Å². The molecule has 2 atom stereocenters. The number of hydrogen-bond acceptors (Lipinski definition) is 6. The first-order valence-corrected chi connectivity index (χ1v) is 9.43. The fourth-order valence-corrected chi connectivity index (χ4v) is 3.01. The van der Waals surface area contributed by atoms with Gasteiger partial charge in [-0.15, -0.1) is 0 Å². The number of hydrogen-bond donors (Lipinski definition) is 2. The van der Waals surface area contributed by atoms with Gasteiger partial charge < -0.3 is 18.8 Å². The van der Waals surface area contributed by atoms with E-state index in [4.69, 9.17) is 20.8 Å². The zero-order valence-electron chi connectivity index (χ0n) is 13.0. The summed E-state index contributed by atoms with van der Waals surface area (Å²) in [6.45, 7) is 1.33. The summed E-state index contributed by atoms with van der Waals surface area (Å²) in [6, 6.07) is 6.55. The molecule has 0 aliphatic rings. The van der Waals surface area contributed by atoms with Gasteiger partial charge in [-0.05, 0) is 30.7 Å². The molecule has 2 unspecified atom stereocenters. The number of nitrogens with one attached hydrogen (secondary N) is 1. The molecule has 25 heavy (non-hydrogen) atoms. The molecule has 10 heteroatoms. The first-order valence-electron chi connectivity index (χ1n) is 7.06. The van der Waals surface area contributed by atoms with Gasteiger partial charge >= 0.3 is 5.97 Å². The molecular formula is C15H14BrClNO6S-. The fraction of sp³-hybridized carbons (Fsp3) is 0.267. The summed E-state index contributed by atoms with van der Waals surface area (Å²) in [5, 5.41) is 10.9. The highest BCUT2D eigenvalue weighted by Gasteiger charge is 2.28. The highest BCUT2D eigenvalue weighted by Crippen LogP contribution is 2.48. The molecule has 136 valence electrons. The molecule has 2 rings (SSSR count). The molecule has 0 radical (unpaired) electrons. The molecule has 0 fully saturated rings. The Kier molecular flexibility index (Phi) is 7.03. The molecule has 0 bridgehead atoms. The molecule has 0 aliphatic heterocycles. The van der Waals surface area contributed by atoms with Crippen molar-refractivity contribution in [3.8, 4) is 22.8 Å². The zero-order valence-corrected chi connectivity index (χ0v) is 16.1. The van der Waals surface area contributed by atoms with Gasteiger partial charge in [0.15, 0.2) is 11.5 Å². The van der Waals surface area contributed by atoms with Gasteiger partial charge in [0.1, 0.15) is 0 Å². The van der Waals surface area contributed by atoms with Gasteiger partial charge in [0.25, 0.3) is 0 Å². The maximum absolute atomic E-state index is 11.3. The minimum absolute atomic E-state index is 0.109. The van der Waals surface area contributed by atoms with Crippen LogP contribution in [0.4, 0.5) is 0 Å². The molecule has 0 amide bonds. The third-order valence-corrected chi connectivity index (χ3v) is 4.69. The van der Waals surface area contributed by atoms with E-state index < -0.39 is 22.1 Å². The third-order valence-electron chi connectivity index (χ3n) is 3.12. The summed E-state index contributed by atoms with van der Waals surface area (Å²) in [4.78, 5) is 10.8. The van der Waals surface area contributed by atoms with Crippen molar-refractivity contribution in [3.63, 3.8) is 0 Å². The van der Waals surface area contributed by atoms with Gasteiger partial charge in [-0.1, -0.05) is 27.5 Å². The van der Waals surface area contributed by atoms with Gasteiger partial charge in [0.05, 0.1) is 4.83 Å². The Balaban J connectivity index is 2.36. The number of rotatable bonds is 7. The summed E-state index contributed by atoms with van der Waals surface area (Å²) in [5.74, 6) is -0.762. The van der Waals surface area contributed by atoms with Crippen LogP contribution in [0, 0.1) is 0 Å². The van der Waals surface area contributed by atoms with Crippen molar-refractivity contribution in [1.82, 2.24) is 4.72 Å².